The number of benzene rings is 1. The van der Waals surface area contributed by atoms with Gasteiger partial charge in [-0.05, 0) is 0 Å². The van der Waals surface area contributed by atoms with Gasteiger partial charge in [0.2, 0.25) is 0 Å². The van der Waals surface area contributed by atoms with E-state index in [-0.39, 0.29) is 15.6 Å². The number of fused-ring (bicyclic) bond motifs is 3. The number of rotatable bonds is 3. The second-order valence-corrected chi connectivity index (χ2v) is 9.67. The Balaban J connectivity index is 1.74. The van der Waals surface area contributed by atoms with Crippen molar-refractivity contribution < 1.29 is 38.6 Å². The third-order valence-corrected chi connectivity index (χ3v) is 7.67. The number of pyridine rings is 1. The molecule has 1 atom stereocenters. The number of hydrogen-bond donors (Lipinski definition) is 4. The number of nitrogens with one attached hydrogen (secondary N) is 4. The van der Waals surface area contributed by atoms with Gasteiger partial charge in [-0.2, -0.15) is 0 Å². The van der Waals surface area contributed by atoms with Gasteiger partial charge in [-0.1, -0.05) is 0 Å². The molecule has 1 aromatic carbocycles. The quantitative estimate of drug-likeness (QED) is 0.282. The van der Waals surface area contributed by atoms with Crippen LogP contribution in [0.15, 0.2) is 36.7 Å². The van der Waals surface area contributed by atoms with Gasteiger partial charge < -0.3 is 0 Å². The van der Waals surface area contributed by atoms with E-state index in [4.69, 9.17) is 7.80 Å². The summed E-state index contributed by atoms with van der Waals surface area (Å²) >= 11 is -0.655. The number of halogens is 2. The molecule has 10 heteroatoms. The molecule has 31 heavy (non-hydrogen) atoms. The molecule has 0 unspecified atom stereocenters. The summed E-state index contributed by atoms with van der Waals surface area (Å²) in [5.41, 5.74) is 4.76. The van der Waals surface area contributed by atoms with Gasteiger partial charge in [0.05, 0.1) is 0 Å². The Morgan fingerprint density at radius 3 is 3.10 bits per heavy atom. The van der Waals surface area contributed by atoms with Gasteiger partial charge in [-0.25, -0.2) is 0 Å². The molecule has 2 aliphatic heterocycles. The Morgan fingerprint density at radius 2 is 2.23 bits per heavy atom. The molecule has 2 bridgehead atoms. The van der Waals surface area contributed by atoms with Crippen LogP contribution in [0.3, 0.4) is 0 Å². The van der Waals surface area contributed by atoms with Crippen molar-refractivity contribution in [2.45, 2.75) is 3.92 Å². The summed E-state index contributed by atoms with van der Waals surface area (Å²) in [7, 11) is 1.42. The van der Waals surface area contributed by atoms with Crippen LogP contribution in [0.25, 0.3) is 11.3 Å². The van der Waals surface area contributed by atoms with Crippen LogP contribution >= 0.6 is 0 Å². The first-order valence-electron chi connectivity index (χ1n) is 9.74. The Hall–Kier alpha value is -2.86. The van der Waals surface area contributed by atoms with E-state index >= 15 is 0 Å². The molecule has 0 saturated heterocycles. The number of ether oxygens (including phenoxy) is 1. The normalized spacial score (nSPS) is 17.9. The monoisotopic (exact) mass is 536 g/mol. The molecule has 2 aromatic heterocycles. The zero-order valence-electron chi connectivity index (χ0n) is 16.6. The average Bonchev–Trinajstić information content (AvgIpc) is 3.13. The Bertz CT molecular complexity index is 1150. The predicted octanol–water partition coefficient (Wildman–Crippen LogP) is 0.199. The van der Waals surface area contributed by atoms with Crippen LogP contribution in [0.1, 0.15) is 20.0 Å². The molecule has 0 spiro atoms. The molecule has 0 saturated carbocycles. The zero-order valence-corrected chi connectivity index (χ0v) is 18.7. The second kappa shape index (κ2) is 8.35. The molecule has 0 fully saturated rings. The Labute approximate surface area is 188 Å². The number of carbonyl (C=O) groups is 1. The van der Waals surface area contributed by atoms with Crippen molar-refractivity contribution in [3.63, 3.8) is 0 Å². The van der Waals surface area contributed by atoms with Crippen molar-refractivity contribution in [3.8, 4) is 17.0 Å². The maximum absolute atomic E-state index is 14.3. The van der Waals surface area contributed by atoms with Gasteiger partial charge in [-0.3, -0.25) is 0 Å². The molecular formula is C21H20FIN5O3-. The predicted molar refractivity (Wildman–Crippen MR) is 110 cm³/mol. The number of amides is 1. The number of anilines is 3. The van der Waals surface area contributed by atoms with Crippen LogP contribution in [0.5, 0.6) is 5.75 Å². The number of aromatic nitrogens is 2. The summed E-state index contributed by atoms with van der Waals surface area (Å²) in [5, 5.41) is 9.60. The van der Waals surface area contributed by atoms with Crippen molar-refractivity contribution in [1.82, 2.24) is 15.3 Å². The van der Waals surface area contributed by atoms with Crippen LogP contribution in [-0.4, -0.2) is 42.7 Å². The van der Waals surface area contributed by atoms with Crippen molar-refractivity contribution in [2.24, 2.45) is 0 Å². The standard InChI is InChI=1S/C21H20FIN5O3/c1-30-20-12(22)3-2-4-14(20)27-19-16-18-13(9-26-21(16)29)23-31-8-7-25-15-10-24-6-5-11(15)17(19)28-18/h2-6,10,13,25,27-28H,7-9H2,1H3,(H,26,29)/q-1/t13-/m1/s1. The minimum atomic E-state index is -0.655. The summed E-state index contributed by atoms with van der Waals surface area (Å²) < 4.78 is 25.6. The number of hydrogen-bond acceptors (Lipinski definition) is 6. The van der Waals surface area contributed by atoms with Crippen LogP contribution < -0.4 is 42.3 Å². The molecule has 162 valence electrons. The van der Waals surface area contributed by atoms with Crippen LogP contribution in [-0.2, 0) is 3.07 Å². The summed E-state index contributed by atoms with van der Waals surface area (Å²) in [4.78, 5) is 20.7. The second-order valence-electron chi connectivity index (χ2n) is 7.04. The SMILES string of the molecule is COc1c(F)cccc1Nc1c2[nH]c3c1C(=O)NC[C@H]3[I-]OCCNc1cnccc1-2. The van der Waals surface area contributed by atoms with Gasteiger partial charge in [0, 0.05) is 0 Å². The molecule has 1 amide bonds. The molecule has 5 rings (SSSR count). The first kappa shape index (κ1) is 20.1. The molecule has 0 radical (unpaired) electrons. The summed E-state index contributed by atoms with van der Waals surface area (Å²) in [6.07, 6.45) is 3.44. The third-order valence-electron chi connectivity index (χ3n) is 5.20. The number of alkyl halides is 1. The number of nitrogens with zero attached hydrogens (tertiary/aromatic N) is 1. The van der Waals surface area contributed by atoms with E-state index in [1.54, 1.807) is 24.5 Å². The van der Waals surface area contributed by atoms with E-state index in [1.165, 1.54) is 13.2 Å². The fourth-order valence-electron chi connectivity index (χ4n) is 3.81. The van der Waals surface area contributed by atoms with Crippen molar-refractivity contribution >= 4 is 23.0 Å². The number of aromatic amines is 1. The van der Waals surface area contributed by atoms with E-state index in [0.717, 1.165) is 22.6 Å². The van der Waals surface area contributed by atoms with E-state index in [9.17, 15) is 9.18 Å². The Kier molecular flexibility index (Phi) is 5.40. The van der Waals surface area contributed by atoms with Crippen LogP contribution in [0.2, 0.25) is 0 Å². The summed E-state index contributed by atoms with van der Waals surface area (Å²) in [5.74, 6) is -0.585. The van der Waals surface area contributed by atoms with Gasteiger partial charge in [0.1, 0.15) is 0 Å². The fraction of sp³-hybridized carbons (Fsp3) is 0.238. The molecule has 4 N–H and O–H groups in total. The maximum atomic E-state index is 14.3. The van der Waals surface area contributed by atoms with Gasteiger partial charge in [0.25, 0.3) is 0 Å². The molecule has 4 heterocycles. The third kappa shape index (κ3) is 3.59. The molecule has 3 aromatic rings. The zero-order chi connectivity index (χ0) is 21.4. The topological polar surface area (TPSA) is 100 Å². The molecule has 8 nitrogen and oxygen atoms in total. The molecule has 2 aliphatic rings. The Morgan fingerprint density at radius 1 is 1.32 bits per heavy atom. The first-order valence-corrected chi connectivity index (χ1v) is 11.9. The number of methoxy groups -OCH3 is 1. The van der Waals surface area contributed by atoms with Crippen molar-refractivity contribution in [2.75, 3.05) is 37.4 Å². The number of para-hydroxylation sites is 1. The number of carbonyl (C=O) groups excluding carboxylic acids is 1. The van der Waals surface area contributed by atoms with E-state index in [0.29, 0.717) is 36.6 Å². The van der Waals surface area contributed by atoms with Crippen LogP contribution in [0, 0.1) is 5.82 Å². The van der Waals surface area contributed by atoms with Gasteiger partial charge in [-0.15, -0.1) is 0 Å². The minimum absolute atomic E-state index is 0.0820. The molecule has 0 aliphatic carbocycles. The fourth-order valence-corrected chi connectivity index (χ4v) is 5.84. The first-order chi connectivity index (χ1) is 15.2. The average molecular weight is 536 g/mol. The van der Waals surface area contributed by atoms with Gasteiger partial charge in [0.15, 0.2) is 0 Å². The van der Waals surface area contributed by atoms with Crippen molar-refractivity contribution in [3.05, 3.63) is 53.7 Å². The van der Waals surface area contributed by atoms with Crippen molar-refractivity contribution in [1.29, 1.82) is 0 Å². The van der Waals surface area contributed by atoms with E-state index < -0.39 is 27.4 Å². The van der Waals surface area contributed by atoms with Crippen LogP contribution in [0.4, 0.5) is 21.5 Å². The molecular weight excluding hydrogens is 516 g/mol. The summed E-state index contributed by atoms with van der Waals surface area (Å²) in [6, 6.07) is 6.53. The summed E-state index contributed by atoms with van der Waals surface area (Å²) in [6.45, 7) is 1.76. The van der Waals surface area contributed by atoms with E-state index in [1.807, 2.05) is 6.07 Å². The van der Waals surface area contributed by atoms with Gasteiger partial charge >= 0.3 is 189 Å². The number of H-pyrrole nitrogens is 1. The van der Waals surface area contributed by atoms with E-state index in [2.05, 4.69) is 25.9 Å².